The number of carbonyl (C=O) groups excluding carboxylic acids is 3. The molecule has 0 radical (unpaired) electrons. The van der Waals surface area contributed by atoms with Gasteiger partial charge in [0.1, 0.15) is 6.04 Å². The second-order valence-electron chi connectivity index (χ2n) is 11.2. The molecule has 5 atom stereocenters. The number of thioether (sulfide) groups is 1. The van der Waals surface area contributed by atoms with E-state index >= 15 is 0 Å². The van der Waals surface area contributed by atoms with Crippen molar-refractivity contribution >= 4 is 35.2 Å². The maximum absolute atomic E-state index is 14.7. The van der Waals surface area contributed by atoms with Gasteiger partial charge in [0.15, 0.2) is 0 Å². The SMILES string of the molecule is C=CCN(C)C(=O)[C@@H]1[C@H]2C(=O)N(CCCCCCO)C(C(=O)N(CC=C)c3c(C)cccc3C)C23CC[C@H]1S3. The number of unbranched alkanes of at least 4 members (excludes halogenated alkanes) is 3. The van der Waals surface area contributed by atoms with Crippen LogP contribution in [0.2, 0.25) is 0 Å². The molecule has 2 unspecified atom stereocenters. The van der Waals surface area contributed by atoms with E-state index < -0.39 is 22.6 Å². The van der Waals surface area contributed by atoms with Crippen LogP contribution in [-0.4, -0.2) is 82.0 Å². The number of hydrogen-bond donors (Lipinski definition) is 1. The Bertz CT molecular complexity index is 1100. The third kappa shape index (κ3) is 5.18. The molecule has 1 N–H and O–H groups in total. The Balaban J connectivity index is 1.74. The molecule has 1 spiro atoms. The molecule has 0 saturated carbocycles. The summed E-state index contributed by atoms with van der Waals surface area (Å²) >= 11 is 1.71. The number of anilines is 1. The summed E-state index contributed by atoms with van der Waals surface area (Å²) in [6.45, 7) is 13.1. The lowest BCUT2D eigenvalue weighted by molar-refractivity contribution is -0.143. The topological polar surface area (TPSA) is 81.2 Å². The minimum Gasteiger partial charge on any atom is -0.396 e. The van der Waals surface area contributed by atoms with Gasteiger partial charge < -0.3 is 19.8 Å². The van der Waals surface area contributed by atoms with Crippen molar-refractivity contribution in [3.05, 3.63) is 54.6 Å². The lowest BCUT2D eigenvalue weighted by atomic mass is 9.70. The van der Waals surface area contributed by atoms with Crippen molar-refractivity contribution in [1.29, 1.82) is 0 Å². The Morgan fingerprint density at radius 1 is 1.10 bits per heavy atom. The molecule has 39 heavy (non-hydrogen) atoms. The summed E-state index contributed by atoms with van der Waals surface area (Å²) in [7, 11) is 1.76. The number of fused-ring (bicyclic) bond motifs is 1. The average molecular weight is 554 g/mol. The highest BCUT2D eigenvalue weighted by Gasteiger charge is 2.74. The summed E-state index contributed by atoms with van der Waals surface area (Å²) in [5.41, 5.74) is 2.87. The number of likely N-dealkylation sites (tertiary alicyclic amines) is 1. The van der Waals surface area contributed by atoms with Crippen molar-refractivity contribution in [1.82, 2.24) is 9.80 Å². The van der Waals surface area contributed by atoms with Gasteiger partial charge in [-0.15, -0.1) is 24.9 Å². The van der Waals surface area contributed by atoms with Gasteiger partial charge in [0.2, 0.25) is 11.8 Å². The molecular weight excluding hydrogens is 510 g/mol. The van der Waals surface area contributed by atoms with Gasteiger partial charge in [-0.2, -0.15) is 0 Å². The van der Waals surface area contributed by atoms with Crippen molar-refractivity contribution in [2.24, 2.45) is 11.8 Å². The molecule has 8 heteroatoms. The number of rotatable bonds is 13. The Morgan fingerprint density at radius 3 is 2.41 bits per heavy atom. The molecule has 212 valence electrons. The van der Waals surface area contributed by atoms with E-state index in [1.807, 2.05) is 32.0 Å². The molecule has 0 aromatic heterocycles. The van der Waals surface area contributed by atoms with Crippen LogP contribution >= 0.6 is 11.8 Å². The fourth-order valence-electron chi connectivity index (χ4n) is 7.04. The van der Waals surface area contributed by atoms with E-state index in [-0.39, 0.29) is 29.6 Å². The van der Waals surface area contributed by atoms with E-state index in [0.717, 1.165) is 55.3 Å². The van der Waals surface area contributed by atoms with E-state index in [1.54, 1.807) is 45.7 Å². The first kappa shape index (κ1) is 29.4. The summed E-state index contributed by atoms with van der Waals surface area (Å²) in [6, 6.07) is 5.36. The van der Waals surface area contributed by atoms with Crippen molar-refractivity contribution in [3.63, 3.8) is 0 Å². The van der Waals surface area contributed by atoms with Crippen molar-refractivity contribution < 1.29 is 19.5 Å². The van der Waals surface area contributed by atoms with Gasteiger partial charge in [0.25, 0.3) is 5.91 Å². The molecule has 7 nitrogen and oxygen atoms in total. The maximum atomic E-state index is 14.7. The van der Waals surface area contributed by atoms with Crippen LogP contribution in [0.25, 0.3) is 0 Å². The first-order chi connectivity index (χ1) is 18.7. The van der Waals surface area contributed by atoms with Gasteiger partial charge in [-0.25, -0.2) is 0 Å². The highest BCUT2D eigenvalue weighted by atomic mass is 32.2. The molecule has 3 aliphatic heterocycles. The smallest absolute Gasteiger partial charge is 0.251 e. The first-order valence-electron chi connectivity index (χ1n) is 14.2. The van der Waals surface area contributed by atoms with Crippen molar-refractivity contribution in [3.8, 4) is 0 Å². The Labute approximate surface area is 237 Å². The number of hydrogen-bond acceptors (Lipinski definition) is 5. The number of para-hydroxylation sites is 1. The van der Waals surface area contributed by atoms with Crippen LogP contribution in [0, 0.1) is 25.7 Å². The molecule has 1 aromatic carbocycles. The molecule has 4 rings (SSSR count). The predicted molar refractivity (Wildman–Crippen MR) is 158 cm³/mol. The third-order valence-corrected chi connectivity index (χ3v) is 10.6. The van der Waals surface area contributed by atoms with Crippen LogP contribution in [0.4, 0.5) is 5.69 Å². The quantitative estimate of drug-likeness (QED) is 0.294. The van der Waals surface area contributed by atoms with Gasteiger partial charge in [-0.1, -0.05) is 43.2 Å². The summed E-state index contributed by atoms with van der Waals surface area (Å²) in [6.07, 6.45) is 8.25. The summed E-state index contributed by atoms with van der Waals surface area (Å²) in [4.78, 5) is 47.8. The van der Waals surface area contributed by atoms with Gasteiger partial charge in [-0.3, -0.25) is 14.4 Å². The van der Waals surface area contributed by atoms with E-state index in [9.17, 15) is 19.5 Å². The number of carbonyl (C=O) groups is 3. The zero-order valence-electron chi connectivity index (χ0n) is 23.6. The molecule has 3 amide bonds. The van der Waals surface area contributed by atoms with E-state index in [1.165, 1.54) is 0 Å². The number of aryl methyl sites for hydroxylation is 2. The van der Waals surface area contributed by atoms with E-state index in [2.05, 4.69) is 13.2 Å². The summed E-state index contributed by atoms with van der Waals surface area (Å²) < 4.78 is -0.616. The van der Waals surface area contributed by atoms with Gasteiger partial charge in [0.05, 0.1) is 16.6 Å². The number of likely N-dealkylation sites (N-methyl/N-ethyl adjacent to an activating group) is 1. The van der Waals surface area contributed by atoms with Crippen LogP contribution in [0.15, 0.2) is 43.5 Å². The molecule has 3 aliphatic rings. The largest absolute Gasteiger partial charge is 0.396 e. The summed E-state index contributed by atoms with van der Waals surface area (Å²) in [5, 5.41) is 9.21. The molecule has 0 aliphatic carbocycles. The number of amides is 3. The minimum absolute atomic E-state index is 0.0268. The van der Waals surface area contributed by atoms with Crippen LogP contribution in [0.1, 0.15) is 49.7 Å². The average Bonchev–Trinajstić information content (AvgIpc) is 3.55. The normalized spacial score (nSPS) is 27.0. The minimum atomic E-state index is -0.635. The fraction of sp³-hybridized carbons (Fsp3) is 0.581. The molecule has 1 aromatic rings. The summed E-state index contributed by atoms with van der Waals surface area (Å²) in [5.74, 6) is -1.10. The third-order valence-electron chi connectivity index (χ3n) is 8.69. The van der Waals surface area contributed by atoms with Gasteiger partial charge >= 0.3 is 0 Å². The van der Waals surface area contributed by atoms with Crippen LogP contribution in [0.5, 0.6) is 0 Å². The molecule has 3 saturated heterocycles. The van der Waals surface area contributed by atoms with Crippen molar-refractivity contribution in [2.75, 3.05) is 38.2 Å². The zero-order valence-corrected chi connectivity index (χ0v) is 24.4. The fourth-order valence-corrected chi connectivity index (χ4v) is 9.25. The number of benzene rings is 1. The Morgan fingerprint density at radius 2 is 1.77 bits per heavy atom. The second kappa shape index (κ2) is 12.3. The molecule has 2 bridgehead atoms. The highest BCUT2D eigenvalue weighted by Crippen LogP contribution is 2.66. The van der Waals surface area contributed by atoms with E-state index in [0.29, 0.717) is 19.6 Å². The van der Waals surface area contributed by atoms with E-state index in [4.69, 9.17) is 0 Å². The monoisotopic (exact) mass is 553 g/mol. The van der Waals surface area contributed by atoms with Gasteiger partial charge in [-0.05, 0) is 50.7 Å². The first-order valence-corrected chi connectivity index (χ1v) is 15.0. The maximum Gasteiger partial charge on any atom is 0.251 e. The standard InChI is InChI=1S/C31H43N3O4S/c1-6-17-32(5)28(36)24-23-15-16-31(39-23)25(24)29(37)34(19-10-8-9-11-20-35)27(31)30(38)33(18-7-2)26-21(3)13-12-14-22(26)4/h6-7,12-14,23-25,27,35H,1-2,8-11,15-20H2,3-5H3/t23-,24+,25+,27?,31?/m1/s1. The predicted octanol–water partition coefficient (Wildman–Crippen LogP) is 4.11. The lowest BCUT2D eigenvalue weighted by Gasteiger charge is -2.38. The lowest BCUT2D eigenvalue weighted by Crippen LogP contribution is -2.55. The van der Waals surface area contributed by atoms with Crippen LogP contribution in [0.3, 0.4) is 0 Å². The van der Waals surface area contributed by atoms with Crippen molar-refractivity contribution in [2.45, 2.75) is 68.4 Å². The number of aliphatic hydroxyl groups is 1. The number of aliphatic hydroxyl groups excluding tert-OH is 1. The zero-order chi connectivity index (χ0) is 28.3. The molecule has 3 heterocycles. The molecule has 3 fully saturated rings. The Hall–Kier alpha value is -2.58. The Kier molecular flexibility index (Phi) is 9.27. The second-order valence-corrected chi connectivity index (χ2v) is 12.8. The number of nitrogens with zero attached hydrogens (tertiary/aromatic N) is 3. The van der Waals surface area contributed by atoms with Gasteiger partial charge in [0, 0.05) is 44.2 Å². The molecular formula is C31H43N3O4S. The highest BCUT2D eigenvalue weighted by molar-refractivity contribution is 8.02. The van der Waals surface area contributed by atoms with Crippen LogP contribution < -0.4 is 4.90 Å². The van der Waals surface area contributed by atoms with Crippen LogP contribution in [-0.2, 0) is 14.4 Å².